The molecule has 1 atom stereocenters. The minimum atomic E-state index is -4.30. The highest BCUT2D eigenvalue weighted by atomic mass is 28.4. The Morgan fingerprint density at radius 3 is 0.935 bits per heavy atom. The van der Waals surface area contributed by atoms with Gasteiger partial charge < -0.3 is 43.6 Å². The van der Waals surface area contributed by atoms with Crippen LogP contribution in [0.1, 0.15) is 59.8 Å². The van der Waals surface area contributed by atoms with Gasteiger partial charge in [0.2, 0.25) is 8.32 Å². The number of alkyl halides is 3. The van der Waals surface area contributed by atoms with Crippen LogP contribution in [0.15, 0.2) is 0 Å². The largest absolute Gasteiger partial charge is 0.499 e. The summed E-state index contributed by atoms with van der Waals surface area (Å²) in [6, 6.07) is 6.84. The molecule has 0 saturated carbocycles. The van der Waals surface area contributed by atoms with Crippen LogP contribution in [-0.2, 0) is 43.6 Å². The predicted octanol–water partition coefficient (Wildman–Crippen LogP) is 13.3. The molecule has 0 fully saturated rings. The molecule has 0 aromatic rings. The molecule has 0 rings (SSSR count). The van der Waals surface area contributed by atoms with Crippen molar-refractivity contribution < 1.29 is 56.8 Å². The van der Waals surface area contributed by atoms with Gasteiger partial charge in [-0.3, -0.25) is 0 Å². The Labute approximate surface area is 389 Å². The Morgan fingerprint density at radius 1 is 0.355 bits per heavy atom. The lowest BCUT2D eigenvalue weighted by Gasteiger charge is -2.57. The van der Waals surface area contributed by atoms with Crippen molar-refractivity contribution in [2.45, 2.75) is 216 Å². The second kappa shape index (κ2) is 24.8. The van der Waals surface area contributed by atoms with Gasteiger partial charge in [-0.1, -0.05) is 46.8 Å². The molecular formula is C40H97F3O10Si9. The van der Waals surface area contributed by atoms with Crippen LogP contribution in [0.4, 0.5) is 13.2 Å². The van der Waals surface area contributed by atoms with Crippen LogP contribution in [0, 0.1) is 0 Å². The maximum atomic E-state index is 14.4. The van der Waals surface area contributed by atoms with E-state index < -0.39 is 98.6 Å². The fourth-order valence-electron chi connectivity index (χ4n) is 9.67. The van der Waals surface area contributed by atoms with E-state index in [4.69, 9.17) is 43.6 Å². The summed E-state index contributed by atoms with van der Waals surface area (Å²) in [6.07, 6.45) is -2.44. The topological polar surface area (TPSA) is 92.3 Å². The molecule has 0 aliphatic carbocycles. The molecule has 0 aliphatic rings. The van der Waals surface area contributed by atoms with Crippen LogP contribution < -0.4 is 0 Å². The molecule has 0 bridgehead atoms. The fourth-order valence-corrected chi connectivity index (χ4v) is 53.9. The number of rotatable bonds is 34. The molecule has 1 unspecified atom stereocenters. The zero-order valence-corrected chi connectivity index (χ0v) is 53.1. The van der Waals surface area contributed by atoms with Gasteiger partial charge in [0.25, 0.3) is 0 Å². The van der Waals surface area contributed by atoms with Gasteiger partial charge in [0.1, 0.15) is 0 Å². The summed E-state index contributed by atoms with van der Waals surface area (Å²) < 4.78 is 107. The minimum Gasteiger partial charge on any atom is -0.456 e. The van der Waals surface area contributed by atoms with E-state index in [1.54, 1.807) is 42.7 Å². The van der Waals surface area contributed by atoms with Gasteiger partial charge in [-0.2, -0.15) is 13.2 Å². The van der Waals surface area contributed by atoms with Gasteiger partial charge in [-0.25, -0.2) is 0 Å². The molecule has 0 aliphatic heterocycles. The van der Waals surface area contributed by atoms with Crippen molar-refractivity contribution in [3.05, 3.63) is 0 Å². The lowest BCUT2D eigenvalue weighted by molar-refractivity contribution is -0.132. The van der Waals surface area contributed by atoms with Crippen LogP contribution in [0.25, 0.3) is 0 Å². The van der Waals surface area contributed by atoms with Crippen molar-refractivity contribution in [2.24, 2.45) is 0 Å². The maximum absolute atomic E-state index is 14.4. The molecule has 0 radical (unpaired) electrons. The van der Waals surface area contributed by atoms with E-state index in [2.05, 4.69) is 113 Å². The number of hydrogen-bond donors (Lipinski definition) is 0. The third-order valence-electron chi connectivity index (χ3n) is 14.0. The summed E-state index contributed by atoms with van der Waals surface area (Å²) in [5.41, 5.74) is 0. The fraction of sp³-hybridized carbons (Fsp3) is 1.00. The molecule has 22 heteroatoms. The summed E-state index contributed by atoms with van der Waals surface area (Å²) in [5, 5.41) is -1.29. The van der Waals surface area contributed by atoms with Crippen LogP contribution in [0.3, 0.4) is 0 Å². The highest BCUT2D eigenvalue weighted by molar-refractivity contribution is 6.89. The van der Waals surface area contributed by atoms with Crippen molar-refractivity contribution in [3.63, 3.8) is 0 Å². The smallest absolute Gasteiger partial charge is 0.456 e. The van der Waals surface area contributed by atoms with Crippen molar-refractivity contribution in [1.29, 1.82) is 0 Å². The van der Waals surface area contributed by atoms with Gasteiger partial charge in [0.15, 0.2) is 41.6 Å². The van der Waals surface area contributed by atoms with Crippen LogP contribution in [-0.4, -0.2) is 135 Å². The SMILES string of the molecule is CCC(CC)(O[Si](C)(CCC(F)(F)F)C(CC)(CC)O[Si](C)(C)CC[Si](C)(C)O[Si](C)(C)CC[Si](OC)(OC)OC)[Si](C)(C)CC[Si](C)(C)O[Si](C)(C)CC[Si](OC)(OC)OC. The summed E-state index contributed by atoms with van der Waals surface area (Å²) in [5.74, 6) is 0. The predicted molar refractivity (Wildman–Crippen MR) is 275 cm³/mol. The normalized spacial score (nSPS) is 16.0. The zero-order chi connectivity index (χ0) is 49.0. The van der Waals surface area contributed by atoms with Gasteiger partial charge >= 0.3 is 23.8 Å². The van der Waals surface area contributed by atoms with Crippen LogP contribution in [0.2, 0.25) is 140 Å². The third-order valence-corrected chi connectivity index (χ3v) is 48.5. The van der Waals surface area contributed by atoms with Gasteiger partial charge in [0, 0.05) is 66.4 Å². The van der Waals surface area contributed by atoms with E-state index in [9.17, 15) is 13.2 Å². The van der Waals surface area contributed by atoms with Gasteiger partial charge in [-0.15, -0.1) is 0 Å². The van der Waals surface area contributed by atoms with Gasteiger partial charge in [-0.05, 0) is 134 Å². The van der Waals surface area contributed by atoms with Crippen molar-refractivity contribution >= 4 is 75.6 Å². The molecule has 0 heterocycles. The standard InChI is InChI=1S/C40H97F3O10Si9/c1-24-38(25-2,54(11,12)30-31-56(15,16)52-58(19,20)34-36-61(44-5,45-6)46-7)51-60(23,29-28-40(41,42)43)39(26-3,27-4)50-55(13,14)32-33-57(17,18)53-59(21,22)35-37-62(47-8,48-9)49-10/h24-37H2,1-23H3. The van der Waals surface area contributed by atoms with Crippen molar-refractivity contribution in [2.75, 3.05) is 42.7 Å². The van der Waals surface area contributed by atoms with Crippen LogP contribution >= 0.6 is 0 Å². The summed E-state index contributed by atoms with van der Waals surface area (Å²) >= 11 is 0. The van der Waals surface area contributed by atoms with Crippen molar-refractivity contribution in [3.8, 4) is 0 Å². The molecule has 374 valence electrons. The van der Waals surface area contributed by atoms with E-state index in [-0.39, 0.29) is 6.04 Å². The molecule has 10 nitrogen and oxygen atoms in total. The molecule has 0 spiro atoms. The zero-order valence-electron chi connectivity index (χ0n) is 44.1. The van der Waals surface area contributed by atoms with E-state index in [1.165, 1.54) is 0 Å². The van der Waals surface area contributed by atoms with Crippen LogP contribution in [0.5, 0.6) is 0 Å². The first-order valence-electron chi connectivity index (χ1n) is 23.2. The molecule has 0 aromatic heterocycles. The second-order valence-corrected chi connectivity index (χ2v) is 58.8. The van der Waals surface area contributed by atoms with E-state index >= 15 is 0 Å². The summed E-state index contributed by atoms with van der Waals surface area (Å²) in [4.78, 5) is 0. The number of hydrogen-bond acceptors (Lipinski definition) is 10. The van der Waals surface area contributed by atoms with Gasteiger partial charge in [0.05, 0.1) is 13.3 Å². The monoisotopic (exact) mass is 1050 g/mol. The highest BCUT2D eigenvalue weighted by Gasteiger charge is 2.59. The first kappa shape index (κ1) is 63.3. The quantitative estimate of drug-likeness (QED) is 0.0580. The number of halogens is 3. The molecule has 0 aromatic carbocycles. The molecule has 62 heavy (non-hydrogen) atoms. The van der Waals surface area contributed by atoms with E-state index in [0.717, 1.165) is 49.1 Å². The van der Waals surface area contributed by atoms with Crippen molar-refractivity contribution in [1.82, 2.24) is 0 Å². The van der Waals surface area contributed by atoms with E-state index in [0.29, 0.717) is 24.9 Å². The minimum absolute atomic E-state index is 0.0222. The second-order valence-electron chi connectivity index (χ2n) is 21.4. The maximum Gasteiger partial charge on any atom is 0.499 e. The first-order valence-corrected chi connectivity index (χ1v) is 48.4. The average molecular weight is 1050 g/mol. The van der Waals surface area contributed by atoms with E-state index in [1.807, 2.05) is 0 Å². The summed E-state index contributed by atoms with van der Waals surface area (Å²) in [6.45, 7) is 38.2. The Hall–Kier alpha value is 1.34. The Kier molecular flexibility index (Phi) is 25.3. The molecule has 0 amide bonds. The Balaban J connectivity index is 6.71. The molecule has 0 N–H and O–H groups in total. The first-order chi connectivity index (χ1) is 28.0. The average Bonchev–Trinajstić information content (AvgIpc) is 3.17. The third kappa shape index (κ3) is 19.0. The molecule has 0 saturated heterocycles. The Morgan fingerprint density at radius 2 is 0.645 bits per heavy atom. The highest BCUT2D eigenvalue weighted by Crippen LogP contribution is 2.48. The lowest BCUT2D eigenvalue weighted by atomic mass is 10.2. The Bertz CT molecular complexity index is 1280. The molecular weight excluding hydrogens is 950 g/mol. The summed E-state index contributed by atoms with van der Waals surface area (Å²) in [7, 11) is -12.2. The lowest BCUT2D eigenvalue weighted by Crippen LogP contribution is -2.69.